The molecular formula is C14H18O3. The molecule has 0 radical (unpaired) electrons. The van der Waals surface area contributed by atoms with Crippen molar-refractivity contribution in [2.45, 2.75) is 20.0 Å². The van der Waals surface area contributed by atoms with Gasteiger partial charge in [0.2, 0.25) is 0 Å². The Kier molecular flexibility index (Phi) is 6.16. The van der Waals surface area contributed by atoms with E-state index in [9.17, 15) is 0 Å². The molecule has 0 aliphatic carbocycles. The molecule has 0 unspecified atom stereocenters. The van der Waals surface area contributed by atoms with Crippen LogP contribution in [0.3, 0.4) is 0 Å². The molecule has 1 N–H and O–H groups in total. The monoisotopic (exact) mass is 234 g/mol. The Morgan fingerprint density at radius 2 is 2.18 bits per heavy atom. The predicted octanol–water partition coefficient (Wildman–Crippen LogP) is 1.97. The first-order valence-electron chi connectivity index (χ1n) is 5.66. The van der Waals surface area contributed by atoms with Crippen molar-refractivity contribution in [1.29, 1.82) is 0 Å². The molecule has 0 aliphatic heterocycles. The van der Waals surface area contributed by atoms with Crippen LogP contribution >= 0.6 is 0 Å². The summed E-state index contributed by atoms with van der Waals surface area (Å²) in [6, 6.07) is 5.81. The molecule has 0 atom stereocenters. The zero-order chi connectivity index (χ0) is 12.5. The number of aliphatic hydroxyl groups is 1. The summed E-state index contributed by atoms with van der Waals surface area (Å²) in [6.07, 6.45) is 0.471. The van der Waals surface area contributed by atoms with E-state index in [0.717, 1.165) is 16.9 Å². The summed E-state index contributed by atoms with van der Waals surface area (Å²) in [6.45, 7) is 3.31. The van der Waals surface area contributed by atoms with Gasteiger partial charge in [0.15, 0.2) is 0 Å². The second-order valence-electron chi connectivity index (χ2n) is 3.45. The average Bonchev–Trinajstić information content (AvgIpc) is 2.37. The molecule has 92 valence electrons. The van der Waals surface area contributed by atoms with E-state index >= 15 is 0 Å². The first-order chi connectivity index (χ1) is 8.31. The number of aliphatic hydroxyl groups excluding tert-OH is 1. The maximum atomic E-state index is 8.69. The lowest BCUT2D eigenvalue weighted by Crippen LogP contribution is -1.94. The third-order valence-electron chi connectivity index (χ3n) is 2.20. The van der Waals surface area contributed by atoms with Crippen molar-refractivity contribution in [1.82, 2.24) is 0 Å². The second kappa shape index (κ2) is 7.72. The Morgan fingerprint density at radius 3 is 2.82 bits per heavy atom. The summed E-state index contributed by atoms with van der Waals surface area (Å²) in [7, 11) is 1.62. The fourth-order valence-corrected chi connectivity index (χ4v) is 1.38. The molecule has 0 amide bonds. The molecule has 0 saturated heterocycles. The molecule has 0 aromatic heterocycles. The van der Waals surface area contributed by atoms with E-state index in [1.54, 1.807) is 7.11 Å². The molecule has 1 aromatic carbocycles. The summed E-state index contributed by atoms with van der Waals surface area (Å²) in [4.78, 5) is 0. The van der Waals surface area contributed by atoms with Gasteiger partial charge in [-0.3, -0.25) is 0 Å². The molecule has 0 heterocycles. The van der Waals surface area contributed by atoms with Gasteiger partial charge in [0.1, 0.15) is 5.75 Å². The average molecular weight is 234 g/mol. The minimum Gasteiger partial charge on any atom is -0.495 e. The zero-order valence-electron chi connectivity index (χ0n) is 10.3. The van der Waals surface area contributed by atoms with Crippen molar-refractivity contribution in [3.05, 3.63) is 29.3 Å². The quantitative estimate of drug-likeness (QED) is 0.792. The molecule has 0 bridgehead atoms. The summed E-state index contributed by atoms with van der Waals surface area (Å²) >= 11 is 0. The Balaban J connectivity index is 2.87. The van der Waals surface area contributed by atoms with Gasteiger partial charge in [0.25, 0.3) is 0 Å². The van der Waals surface area contributed by atoms with Crippen molar-refractivity contribution >= 4 is 0 Å². The Hall–Kier alpha value is -1.50. The highest BCUT2D eigenvalue weighted by Gasteiger charge is 2.01. The van der Waals surface area contributed by atoms with E-state index < -0.39 is 0 Å². The summed E-state index contributed by atoms with van der Waals surface area (Å²) in [5.74, 6) is 6.63. The highest BCUT2D eigenvalue weighted by atomic mass is 16.5. The summed E-state index contributed by atoms with van der Waals surface area (Å²) in [5, 5.41) is 8.69. The number of hydrogen-bond donors (Lipinski definition) is 1. The van der Waals surface area contributed by atoms with Crippen molar-refractivity contribution in [2.24, 2.45) is 0 Å². The largest absolute Gasteiger partial charge is 0.495 e. The second-order valence-corrected chi connectivity index (χ2v) is 3.45. The highest BCUT2D eigenvalue weighted by molar-refractivity contribution is 5.48. The molecule has 3 nitrogen and oxygen atoms in total. The van der Waals surface area contributed by atoms with Gasteiger partial charge < -0.3 is 14.6 Å². The van der Waals surface area contributed by atoms with E-state index in [1.807, 2.05) is 25.1 Å². The lowest BCUT2D eigenvalue weighted by molar-refractivity contribution is 0.134. The molecule has 0 aliphatic rings. The number of methoxy groups -OCH3 is 1. The molecule has 17 heavy (non-hydrogen) atoms. The van der Waals surface area contributed by atoms with Gasteiger partial charge in [0, 0.05) is 13.0 Å². The van der Waals surface area contributed by atoms with Crippen molar-refractivity contribution < 1.29 is 14.6 Å². The van der Waals surface area contributed by atoms with Crippen LogP contribution < -0.4 is 4.74 Å². The maximum Gasteiger partial charge on any atom is 0.134 e. The van der Waals surface area contributed by atoms with Gasteiger partial charge in [-0.1, -0.05) is 17.9 Å². The van der Waals surface area contributed by atoms with Crippen molar-refractivity contribution in [3.63, 3.8) is 0 Å². The Bertz CT molecular complexity index is 402. The number of hydrogen-bond acceptors (Lipinski definition) is 3. The van der Waals surface area contributed by atoms with Crippen molar-refractivity contribution in [3.8, 4) is 17.6 Å². The van der Waals surface area contributed by atoms with E-state index in [2.05, 4.69) is 11.8 Å². The van der Waals surface area contributed by atoms with Crippen LogP contribution in [0.4, 0.5) is 0 Å². The fourth-order valence-electron chi connectivity index (χ4n) is 1.38. The lowest BCUT2D eigenvalue weighted by Gasteiger charge is -2.06. The van der Waals surface area contributed by atoms with Crippen LogP contribution in [0.25, 0.3) is 0 Å². The van der Waals surface area contributed by atoms with Crippen LogP contribution in [0.2, 0.25) is 0 Å². The van der Waals surface area contributed by atoms with E-state index in [4.69, 9.17) is 14.6 Å². The first-order valence-corrected chi connectivity index (χ1v) is 5.66. The van der Waals surface area contributed by atoms with Crippen LogP contribution in [0, 0.1) is 11.8 Å². The lowest BCUT2D eigenvalue weighted by atomic mass is 10.1. The van der Waals surface area contributed by atoms with E-state index in [-0.39, 0.29) is 6.61 Å². The van der Waals surface area contributed by atoms with Crippen LogP contribution in [0.1, 0.15) is 24.5 Å². The zero-order valence-corrected chi connectivity index (χ0v) is 10.3. The molecule has 1 rings (SSSR count). The molecule has 0 spiro atoms. The van der Waals surface area contributed by atoms with E-state index in [0.29, 0.717) is 19.6 Å². The SMILES string of the molecule is CCOCc1ccc(OC)c(C#CCCO)c1. The Morgan fingerprint density at radius 1 is 1.35 bits per heavy atom. The summed E-state index contributed by atoms with van der Waals surface area (Å²) in [5.41, 5.74) is 1.90. The van der Waals surface area contributed by atoms with Crippen LogP contribution in [-0.4, -0.2) is 25.4 Å². The van der Waals surface area contributed by atoms with E-state index in [1.165, 1.54) is 0 Å². The van der Waals surface area contributed by atoms with Crippen LogP contribution in [-0.2, 0) is 11.3 Å². The standard InChI is InChI=1S/C14H18O3/c1-3-17-11-12-7-8-14(16-2)13(10-12)6-4-5-9-15/h7-8,10,15H,3,5,9,11H2,1-2H3. The normalized spacial score (nSPS) is 9.59. The number of ether oxygens (including phenoxy) is 2. The van der Waals surface area contributed by atoms with Gasteiger partial charge in [-0.05, 0) is 24.6 Å². The van der Waals surface area contributed by atoms with Crippen molar-refractivity contribution in [2.75, 3.05) is 20.3 Å². The molecular weight excluding hydrogens is 216 g/mol. The van der Waals surface area contributed by atoms with Gasteiger partial charge in [-0.2, -0.15) is 0 Å². The smallest absolute Gasteiger partial charge is 0.134 e. The molecule has 1 aromatic rings. The number of benzene rings is 1. The Labute approximate surface area is 102 Å². The van der Waals surface area contributed by atoms with Crippen LogP contribution in [0.15, 0.2) is 18.2 Å². The molecule has 3 heteroatoms. The molecule has 0 fully saturated rings. The summed E-state index contributed by atoms with van der Waals surface area (Å²) < 4.78 is 10.6. The highest BCUT2D eigenvalue weighted by Crippen LogP contribution is 2.19. The third kappa shape index (κ3) is 4.48. The fraction of sp³-hybridized carbons (Fsp3) is 0.429. The predicted molar refractivity (Wildman–Crippen MR) is 66.9 cm³/mol. The number of rotatable bonds is 5. The first kappa shape index (κ1) is 13.6. The van der Waals surface area contributed by atoms with Crippen LogP contribution in [0.5, 0.6) is 5.75 Å². The minimum atomic E-state index is 0.0773. The third-order valence-corrected chi connectivity index (χ3v) is 2.20. The van der Waals surface area contributed by atoms with Gasteiger partial charge in [0.05, 0.1) is 25.9 Å². The molecule has 0 saturated carbocycles. The van der Waals surface area contributed by atoms with Gasteiger partial charge in [-0.25, -0.2) is 0 Å². The van der Waals surface area contributed by atoms with Gasteiger partial charge >= 0.3 is 0 Å². The van der Waals surface area contributed by atoms with Gasteiger partial charge in [-0.15, -0.1) is 0 Å². The minimum absolute atomic E-state index is 0.0773. The maximum absolute atomic E-state index is 8.69. The topological polar surface area (TPSA) is 38.7 Å².